The van der Waals surface area contributed by atoms with Gasteiger partial charge < -0.3 is 15.2 Å². The molecule has 0 fully saturated rings. The molecule has 17 heavy (non-hydrogen) atoms. The molecule has 0 heterocycles. The van der Waals surface area contributed by atoms with E-state index in [1.54, 1.807) is 18.2 Å². The molecule has 1 aromatic rings. The lowest BCUT2D eigenvalue weighted by molar-refractivity contribution is 0.107. The summed E-state index contributed by atoms with van der Waals surface area (Å²) in [6, 6.07) is 5.14. The van der Waals surface area contributed by atoms with Gasteiger partial charge in [0.2, 0.25) is 0 Å². The number of ether oxygens (including phenoxy) is 1. The van der Waals surface area contributed by atoms with Crippen LogP contribution in [-0.4, -0.2) is 30.9 Å². The fraction of sp³-hybridized carbons (Fsp3) is 0.500. The fourth-order valence-electron chi connectivity index (χ4n) is 1.30. The van der Waals surface area contributed by atoms with Crippen LogP contribution in [-0.2, 0) is 0 Å². The standard InChI is InChI=1S/C12H17Cl2NO2/c1-2-6-15-7-9(16)8-17-12-10(13)4-3-5-11(12)14/h3-5,9,15-16H,2,6-8H2,1H3/t9-/m1/s1. The van der Waals surface area contributed by atoms with Crippen molar-refractivity contribution >= 4 is 23.2 Å². The maximum Gasteiger partial charge on any atom is 0.156 e. The van der Waals surface area contributed by atoms with Crippen LogP contribution in [0.1, 0.15) is 13.3 Å². The molecule has 0 saturated carbocycles. The highest BCUT2D eigenvalue weighted by Gasteiger charge is 2.09. The second kappa shape index (κ2) is 7.77. The Kier molecular flexibility index (Phi) is 6.66. The van der Waals surface area contributed by atoms with Crippen molar-refractivity contribution in [2.75, 3.05) is 19.7 Å². The highest BCUT2D eigenvalue weighted by Crippen LogP contribution is 2.32. The summed E-state index contributed by atoms with van der Waals surface area (Å²) in [7, 11) is 0. The Morgan fingerprint density at radius 1 is 1.35 bits per heavy atom. The average Bonchev–Trinajstić information content (AvgIpc) is 2.29. The largest absolute Gasteiger partial charge is 0.488 e. The summed E-state index contributed by atoms with van der Waals surface area (Å²) >= 11 is 11.9. The number of halogens is 2. The smallest absolute Gasteiger partial charge is 0.156 e. The lowest BCUT2D eigenvalue weighted by Gasteiger charge is -2.14. The zero-order valence-corrected chi connectivity index (χ0v) is 11.3. The van der Waals surface area contributed by atoms with E-state index in [0.29, 0.717) is 22.3 Å². The number of hydrogen-bond donors (Lipinski definition) is 2. The average molecular weight is 278 g/mol. The quantitative estimate of drug-likeness (QED) is 0.753. The summed E-state index contributed by atoms with van der Waals surface area (Å²) < 4.78 is 5.41. The van der Waals surface area contributed by atoms with Crippen LogP contribution in [0.3, 0.4) is 0 Å². The van der Waals surface area contributed by atoms with Crippen LogP contribution in [0.15, 0.2) is 18.2 Å². The lowest BCUT2D eigenvalue weighted by Crippen LogP contribution is -2.31. The van der Waals surface area contributed by atoms with E-state index in [1.165, 1.54) is 0 Å². The third-order valence-corrected chi connectivity index (χ3v) is 2.74. The molecule has 0 aliphatic carbocycles. The van der Waals surface area contributed by atoms with Crippen LogP contribution in [0.25, 0.3) is 0 Å². The zero-order valence-electron chi connectivity index (χ0n) is 9.75. The van der Waals surface area contributed by atoms with Gasteiger partial charge in [0.1, 0.15) is 12.7 Å². The number of benzene rings is 1. The topological polar surface area (TPSA) is 41.5 Å². The van der Waals surface area contributed by atoms with Crippen LogP contribution in [0.4, 0.5) is 0 Å². The van der Waals surface area contributed by atoms with Crippen molar-refractivity contribution in [2.24, 2.45) is 0 Å². The normalized spacial score (nSPS) is 12.5. The number of hydrogen-bond acceptors (Lipinski definition) is 3. The maximum atomic E-state index is 9.65. The number of aliphatic hydroxyl groups excluding tert-OH is 1. The van der Waals surface area contributed by atoms with Gasteiger partial charge >= 0.3 is 0 Å². The van der Waals surface area contributed by atoms with Gasteiger partial charge in [-0.1, -0.05) is 36.2 Å². The number of nitrogens with one attached hydrogen (secondary N) is 1. The minimum absolute atomic E-state index is 0.167. The molecule has 0 radical (unpaired) electrons. The van der Waals surface area contributed by atoms with Crippen LogP contribution in [0, 0.1) is 0 Å². The van der Waals surface area contributed by atoms with Crippen LogP contribution < -0.4 is 10.1 Å². The molecule has 1 rings (SSSR count). The second-order valence-corrected chi connectivity index (χ2v) is 4.53. The number of para-hydroxylation sites is 1. The van der Waals surface area contributed by atoms with Crippen molar-refractivity contribution in [3.05, 3.63) is 28.2 Å². The van der Waals surface area contributed by atoms with Crippen molar-refractivity contribution in [1.29, 1.82) is 0 Å². The molecule has 96 valence electrons. The number of rotatable bonds is 7. The molecule has 0 aromatic heterocycles. The van der Waals surface area contributed by atoms with Gasteiger partial charge in [-0.2, -0.15) is 0 Å². The van der Waals surface area contributed by atoms with Crippen LogP contribution in [0.2, 0.25) is 10.0 Å². The second-order valence-electron chi connectivity index (χ2n) is 3.72. The van der Waals surface area contributed by atoms with Crippen LogP contribution in [0.5, 0.6) is 5.75 Å². The Balaban J connectivity index is 2.39. The highest BCUT2D eigenvalue weighted by molar-refractivity contribution is 6.37. The molecule has 0 bridgehead atoms. The molecule has 0 spiro atoms. The summed E-state index contributed by atoms with van der Waals surface area (Å²) in [6.45, 7) is 3.61. The van der Waals surface area contributed by atoms with E-state index in [0.717, 1.165) is 13.0 Å². The minimum atomic E-state index is -0.575. The summed E-state index contributed by atoms with van der Waals surface area (Å²) in [5.41, 5.74) is 0. The molecular formula is C12H17Cl2NO2. The van der Waals surface area contributed by atoms with Gasteiger partial charge in [0.25, 0.3) is 0 Å². The Hall–Kier alpha value is -0.480. The van der Waals surface area contributed by atoms with Crippen molar-refractivity contribution in [1.82, 2.24) is 5.32 Å². The molecule has 5 heteroatoms. The van der Waals surface area contributed by atoms with Gasteiger partial charge in [-0.3, -0.25) is 0 Å². The first-order valence-electron chi connectivity index (χ1n) is 5.60. The maximum absolute atomic E-state index is 9.65. The molecule has 2 N–H and O–H groups in total. The van der Waals surface area contributed by atoms with Crippen molar-refractivity contribution in [3.8, 4) is 5.75 Å². The van der Waals surface area contributed by atoms with Gasteiger partial charge in [0, 0.05) is 6.54 Å². The van der Waals surface area contributed by atoms with E-state index in [2.05, 4.69) is 12.2 Å². The van der Waals surface area contributed by atoms with E-state index in [1.807, 2.05) is 0 Å². The first kappa shape index (κ1) is 14.6. The molecule has 0 amide bonds. The van der Waals surface area contributed by atoms with Gasteiger partial charge in [-0.05, 0) is 25.1 Å². The van der Waals surface area contributed by atoms with E-state index in [-0.39, 0.29) is 6.61 Å². The summed E-state index contributed by atoms with van der Waals surface area (Å²) in [6.07, 6.45) is 0.457. The zero-order chi connectivity index (χ0) is 12.7. The molecule has 0 saturated heterocycles. The summed E-state index contributed by atoms with van der Waals surface area (Å²) in [4.78, 5) is 0. The summed E-state index contributed by atoms with van der Waals surface area (Å²) in [5.74, 6) is 0.422. The highest BCUT2D eigenvalue weighted by atomic mass is 35.5. The van der Waals surface area contributed by atoms with Crippen molar-refractivity contribution in [2.45, 2.75) is 19.4 Å². The van der Waals surface area contributed by atoms with Crippen molar-refractivity contribution in [3.63, 3.8) is 0 Å². The summed E-state index contributed by atoms with van der Waals surface area (Å²) in [5, 5.41) is 13.6. The number of aliphatic hydroxyl groups is 1. The molecule has 0 unspecified atom stereocenters. The SMILES string of the molecule is CCCNC[C@@H](O)COc1c(Cl)cccc1Cl. The van der Waals surface area contributed by atoms with Gasteiger partial charge in [0.05, 0.1) is 10.0 Å². The van der Waals surface area contributed by atoms with E-state index in [4.69, 9.17) is 27.9 Å². The predicted molar refractivity (Wildman–Crippen MR) is 71.1 cm³/mol. The fourth-order valence-corrected chi connectivity index (χ4v) is 1.81. The van der Waals surface area contributed by atoms with E-state index < -0.39 is 6.10 Å². The lowest BCUT2D eigenvalue weighted by atomic mass is 10.3. The van der Waals surface area contributed by atoms with E-state index in [9.17, 15) is 5.11 Å². The van der Waals surface area contributed by atoms with E-state index >= 15 is 0 Å². The Morgan fingerprint density at radius 3 is 2.59 bits per heavy atom. The molecule has 1 atom stereocenters. The molecule has 1 aromatic carbocycles. The third-order valence-electron chi connectivity index (χ3n) is 2.15. The Morgan fingerprint density at radius 2 is 2.00 bits per heavy atom. The monoisotopic (exact) mass is 277 g/mol. The van der Waals surface area contributed by atoms with Crippen molar-refractivity contribution < 1.29 is 9.84 Å². The Labute approximate surface area is 112 Å². The Bertz CT molecular complexity index is 327. The molecular weight excluding hydrogens is 261 g/mol. The van der Waals surface area contributed by atoms with Gasteiger partial charge in [-0.15, -0.1) is 0 Å². The van der Waals surface area contributed by atoms with Gasteiger partial charge in [-0.25, -0.2) is 0 Å². The van der Waals surface area contributed by atoms with Crippen LogP contribution >= 0.6 is 23.2 Å². The first-order chi connectivity index (χ1) is 8.15. The third kappa shape index (κ3) is 5.13. The predicted octanol–water partition coefficient (Wildman–Crippen LogP) is 2.73. The molecule has 0 aliphatic rings. The molecule has 0 aliphatic heterocycles. The van der Waals surface area contributed by atoms with Gasteiger partial charge in [0.15, 0.2) is 5.75 Å². The first-order valence-corrected chi connectivity index (χ1v) is 6.36. The molecule has 3 nitrogen and oxygen atoms in total. The minimum Gasteiger partial charge on any atom is -0.488 e.